The third-order valence-corrected chi connectivity index (χ3v) is 4.28. The zero-order valence-corrected chi connectivity index (χ0v) is 13.2. The Bertz CT molecular complexity index is 535. The fraction of sp³-hybridized carbons (Fsp3) is 0.429. The van der Waals surface area contributed by atoms with Gasteiger partial charge in [-0.15, -0.1) is 0 Å². The molecular weight excluding hydrogens is 346 g/mol. The number of carbonyl (C=O) groups is 2. The lowest BCUT2D eigenvalue weighted by atomic mass is 10.1. The zero-order valence-electron chi connectivity index (χ0n) is 10.8. The molecule has 1 aromatic carbocycles. The SMILES string of the molecule is O=C(O)C1CCCCCN1C(=O)c1cc(Br)ccc1Cl. The summed E-state index contributed by atoms with van der Waals surface area (Å²) in [7, 11) is 0. The van der Waals surface area contributed by atoms with E-state index in [0.29, 0.717) is 23.6 Å². The first-order valence-electron chi connectivity index (χ1n) is 6.49. The van der Waals surface area contributed by atoms with E-state index in [1.54, 1.807) is 18.2 Å². The van der Waals surface area contributed by atoms with Crippen molar-refractivity contribution in [3.63, 3.8) is 0 Å². The molecule has 0 bridgehead atoms. The number of hydrogen-bond acceptors (Lipinski definition) is 2. The molecule has 20 heavy (non-hydrogen) atoms. The number of aliphatic carboxylic acids is 1. The molecule has 2 rings (SSSR count). The lowest BCUT2D eigenvalue weighted by Gasteiger charge is -2.27. The standard InChI is InChI=1S/C14H15BrClNO3/c15-9-5-6-11(16)10(8-9)13(18)17-7-3-1-2-4-12(17)14(19)20/h5-6,8,12H,1-4,7H2,(H,19,20). The maximum Gasteiger partial charge on any atom is 0.326 e. The molecule has 1 aromatic rings. The Balaban J connectivity index is 2.33. The summed E-state index contributed by atoms with van der Waals surface area (Å²) in [4.78, 5) is 25.4. The number of nitrogens with zero attached hydrogens (tertiary/aromatic N) is 1. The van der Waals surface area contributed by atoms with E-state index in [1.165, 1.54) is 4.90 Å². The van der Waals surface area contributed by atoms with Crippen LogP contribution in [0.1, 0.15) is 36.0 Å². The van der Waals surface area contributed by atoms with E-state index in [-0.39, 0.29) is 5.91 Å². The summed E-state index contributed by atoms with van der Waals surface area (Å²) in [6.07, 6.45) is 3.08. The van der Waals surface area contributed by atoms with Crippen LogP contribution in [-0.2, 0) is 4.79 Å². The number of carboxylic acids is 1. The third-order valence-electron chi connectivity index (χ3n) is 3.46. The molecule has 1 atom stereocenters. The van der Waals surface area contributed by atoms with Gasteiger partial charge in [0.05, 0.1) is 10.6 Å². The molecule has 1 saturated heterocycles. The Morgan fingerprint density at radius 3 is 2.75 bits per heavy atom. The predicted octanol–water partition coefficient (Wildman–Crippen LogP) is 3.57. The lowest BCUT2D eigenvalue weighted by molar-refractivity contribution is -0.142. The third kappa shape index (κ3) is 3.33. The Labute approximate surface area is 130 Å². The minimum absolute atomic E-state index is 0.314. The fourth-order valence-corrected chi connectivity index (χ4v) is 2.98. The number of carboxylic acid groups (broad SMARTS) is 1. The Morgan fingerprint density at radius 1 is 1.30 bits per heavy atom. The van der Waals surface area contributed by atoms with Gasteiger partial charge in [-0.1, -0.05) is 40.4 Å². The molecule has 6 heteroatoms. The van der Waals surface area contributed by atoms with E-state index >= 15 is 0 Å². The van der Waals surface area contributed by atoms with Gasteiger partial charge in [-0.2, -0.15) is 0 Å². The number of halogens is 2. The molecule has 1 N–H and O–H groups in total. The highest BCUT2D eigenvalue weighted by Gasteiger charge is 2.32. The van der Waals surface area contributed by atoms with Gasteiger partial charge >= 0.3 is 5.97 Å². The number of benzene rings is 1. The van der Waals surface area contributed by atoms with Crippen LogP contribution in [-0.4, -0.2) is 34.5 Å². The Hall–Kier alpha value is -1.07. The Kier molecular flexibility index (Phi) is 5.05. The molecule has 0 spiro atoms. The lowest BCUT2D eigenvalue weighted by Crippen LogP contribution is -2.44. The molecular formula is C14H15BrClNO3. The van der Waals surface area contributed by atoms with Crippen LogP contribution in [0.2, 0.25) is 5.02 Å². The number of likely N-dealkylation sites (tertiary alicyclic amines) is 1. The molecule has 1 heterocycles. The summed E-state index contributed by atoms with van der Waals surface area (Å²) in [6.45, 7) is 0.457. The molecule has 1 fully saturated rings. The Morgan fingerprint density at radius 2 is 2.05 bits per heavy atom. The van der Waals surface area contributed by atoms with Crippen LogP contribution >= 0.6 is 27.5 Å². The summed E-state index contributed by atoms with van der Waals surface area (Å²) in [6, 6.07) is 4.25. The predicted molar refractivity (Wildman–Crippen MR) is 80.1 cm³/mol. The first-order chi connectivity index (χ1) is 9.50. The van der Waals surface area contributed by atoms with Gasteiger partial charge in [0.1, 0.15) is 6.04 Å². The molecule has 0 aliphatic carbocycles. The average molecular weight is 361 g/mol. The second-order valence-corrected chi connectivity index (χ2v) is 6.15. The molecule has 1 aliphatic heterocycles. The second-order valence-electron chi connectivity index (χ2n) is 4.83. The topological polar surface area (TPSA) is 57.6 Å². The second kappa shape index (κ2) is 6.59. The van der Waals surface area contributed by atoms with Gasteiger partial charge in [-0.05, 0) is 31.0 Å². The van der Waals surface area contributed by atoms with E-state index in [0.717, 1.165) is 23.7 Å². The summed E-state index contributed by atoms with van der Waals surface area (Å²) in [5.74, 6) is -1.27. The van der Waals surface area contributed by atoms with E-state index in [1.807, 2.05) is 0 Å². The van der Waals surface area contributed by atoms with Crippen LogP contribution in [0.25, 0.3) is 0 Å². The van der Waals surface area contributed by atoms with Gasteiger partial charge in [0, 0.05) is 11.0 Å². The van der Waals surface area contributed by atoms with Crippen molar-refractivity contribution < 1.29 is 14.7 Å². The molecule has 1 unspecified atom stereocenters. The average Bonchev–Trinajstić information content (AvgIpc) is 2.66. The first kappa shape index (κ1) is 15.3. The number of rotatable bonds is 2. The molecule has 1 aliphatic rings. The summed E-state index contributed by atoms with van der Waals surface area (Å²) < 4.78 is 0.743. The van der Waals surface area contributed by atoms with Gasteiger partial charge in [-0.3, -0.25) is 4.79 Å². The van der Waals surface area contributed by atoms with Crippen molar-refractivity contribution in [2.75, 3.05) is 6.54 Å². The summed E-state index contributed by atoms with van der Waals surface area (Å²) in [5.41, 5.74) is 0.342. The quantitative estimate of drug-likeness (QED) is 0.877. The maximum atomic E-state index is 12.6. The van der Waals surface area contributed by atoms with Crippen LogP contribution in [0, 0.1) is 0 Å². The monoisotopic (exact) mass is 359 g/mol. The van der Waals surface area contributed by atoms with Crippen LogP contribution in [0.4, 0.5) is 0 Å². The summed E-state index contributed by atoms with van der Waals surface area (Å²) in [5, 5.41) is 9.66. The van der Waals surface area contributed by atoms with Crippen molar-refractivity contribution in [2.24, 2.45) is 0 Å². The smallest absolute Gasteiger partial charge is 0.326 e. The first-order valence-corrected chi connectivity index (χ1v) is 7.66. The highest BCUT2D eigenvalue weighted by Crippen LogP contribution is 2.25. The normalized spacial score (nSPS) is 19.5. The van der Waals surface area contributed by atoms with Crippen molar-refractivity contribution in [3.8, 4) is 0 Å². The minimum atomic E-state index is -0.952. The van der Waals surface area contributed by atoms with E-state index < -0.39 is 12.0 Å². The van der Waals surface area contributed by atoms with E-state index in [4.69, 9.17) is 11.6 Å². The zero-order chi connectivity index (χ0) is 14.7. The minimum Gasteiger partial charge on any atom is -0.480 e. The number of hydrogen-bond donors (Lipinski definition) is 1. The molecule has 0 radical (unpaired) electrons. The highest BCUT2D eigenvalue weighted by molar-refractivity contribution is 9.10. The van der Waals surface area contributed by atoms with Crippen molar-refractivity contribution in [1.29, 1.82) is 0 Å². The number of carbonyl (C=O) groups excluding carboxylic acids is 1. The highest BCUT2D eigenvalue weighted by atomic mass is 79.9. The molecule has 0 saturated carbocycles. The van der Waals surface area contributed by atoms with Gasteiger partial charge < -0.3 is 10.0 Å². The fourth-order valence-electron chi connectivity index (χ4n) is 2.42. The van der Waals surface area contributed by atoms with Crippen molar-refractivity contribution in [1.82, 2.24) is 4.90 Å². The van der Waals surface area contributed by atoms with Crippen molar-refractivity contribution >= 4 is 39.4 Å². The molecule has 108 valence electrons. The van der Waals surface area contributed by atoms with E-state index in [9.17, 15) is 14.7 Å². The van der Waals surface area contributed by atoms with Crippen molar-refractivity contribution in [2.45, 2.75) is 31.7 Å². The van der Waals surface area contributed by atoms with Crippen LogP contribution in [0.3, 0.4) is 0 Å². The number of amides is 1. The largest absolute Gasteiger partial charge is 0.480 e. The van der Waals surface area contributed by atoms with E-state index in [2.05, 4.69) is 15.9 Å². The van der Waals surface area contributed by atoms with Crippen molar-refractivity contribution in [3.05, 3.63) is 33.3 Å². The van der Waals surface area contributed by atoms with Crippen LogP contribution in [0.15, 0.2) is 22.7 Å². The van der Waals surface area contributed by atoms with Gasteiger partial charge in [-0.25, -0.2) is 4.79 Å². The molecule has 4 nitrogen and oxygen atoms in total. The van der Waals surface area contributed by atoms with Gasteiger partial charge in [0.15, 0.2) is 0 Å². The summed E-state index contributed by atoms with van der Waals surface area (Å²) >= 11 is 9.37. The van der Waals surface area contributed by atoms with Gasteiger partial charge in [0.25, 0.3) is 5.91 Å². The van der Waals surface area contributed by atoms with Crippen LogP contribution < -0.4 is 0 Å². The molecule has 1 amide bonds. The maximum absolute atomic E-state index is 12.6. The molecule has 0 aromatic heterocycles. The van der Waals surface area contributed by atoms with Gasteiger partial charge in [0.2, 0.25) is 0 Å². The van der Waals surface area contributed by atoms with Crippen LogP contribution in [0.5, 0.6) is 0 Å².